The fourth-order valence-corrected chi connectivity index (χ4v) is 3.50. The number of carbonyl (C=O) groups excluding carboxylic acids is 1. The summed E-state index contributed by atoms with van der Waals surface area (Å²) in [6.07, 6.45) is 5.30. The monoisotopic (exact) mass is 360 g/mol. The molecule has 4 rings (SSSR count). The zero-order valence-corrected chi connectivity index (χ0v) is 15.6. The highest BCUT2D eigenvalue weighted by Gasteiger charge is 2.22. The highest BCUT2D eigenvalue weighted by Crippen LogP contribution is 2.26. The Bertz CT molecular complexity index is 926. The summed E-state index contributed by atoms with van der Waals surface area (Å²) in [6.45, 7) is 3.85. The van der Waals surface area contributed by atoms with Crippen molar-refractivity contribution in [2.24, 2.45) is 0 Å². The van der Waals surface area contributed by atoms with Gasteiger partial charge >= 0.3 is 0 Å². The summed E-state index contributed by atoms with van der Waals surface area (Å²) in [5, 5.41) is 6.78. The van der Waals surface area contributed by atoms with Gasteiger partial charge in [-0.05, 0) is 37.5 Å². The van der Waals surface area contributed by atoms with Crippen LogP contribution in [0, 0.1) is 6.92 Å². The van der Waals surface area contributed by atoms with Crippen LogP contribution in [-0.2, 0) is 0 Å². The third kappa shape index (κ3) is 3.78. The van der Waals surface area contributed by atoms with Gasteiger partial charge < -0.3 is 0 Å². The van der Waals surface area contributed by atoms with Crippen molar-refractivity contribution in [3.63, 3.8) is 0 Å². The van der Waals surface area contributed by atoms with Gasteiger partial charge in [0, 0.05) is 24.8 Å². The van der Waals surface area contributed by atoms with Crippen molar-refractivity contribution in [3.05, 3.63) is 71.9 Å². The summed E-state index contributed by atoms with van der Waals surface area (Å²) in [6, 6.07) is 17.9. The van der Waals surface area contributed by atoms with Crippen molar-refractivity contribution >= 4 is 5.91 Å². The van der Waals surface area contributed by atoms with Gasteiger partial charge in [-0.2, -0.15) is 5.10 Å². The van der Waals surface area contributed by atoms with Crippen LogP contribution in [0.25, 0.3) is 16.9 Å². The second-order valence-electron chi connectivity index (χ2n) is 6.98. The smallest absolute Gasteiger partial charge is 0.269 e. The topological polar surface area (TPSA) is 50.2 Å². The predicted molar refractivity (Wildman–Crippen MR) is 107 cm³/mol. The number of para-hydroxylation sites is 1. The minimum atomic E-state index is -0.0997. The number of piperidine rings is 1. The lowest BCUT2D eigenvalue weighted by Crippen LogP contribution is -2.45. The highest BCUT2D eigenvalue weighted by atomic mass is 16.2. The van der Waals surface area contributed by atoms with Crippen molar-refractivity contribution in [2.45, 2.75) is 26.2 Å². The van der Waals surface area contributed by atoms with Gasteiger partial charge in [-0.25, -0.2) is 9.69 Å². The van der Waals surface area contributed by atoms with E-state index in [1.165, 1.54) is 6.42 Å². The number of hydrogen-bond donors (Lipinski definition) is 1. The lowest BCUT2D eigenvalue weighted by Gasteiger charge is -2.26. The van der Waals surface area contributed by atoms with E-state index in [1.807, 2.05) is 72.7 Å². The molecule has 2 heterocycles. The second kappa shape index (κ2) is 7.76. The van der Waals surface area contributed by atoms with Gasteiger partial charge in [-0.3, -0.25) is 10.2 Å². The molecule has 0 radical (unpaired) electrons. The van der Waals surface area contributed by atoms with Crippen LogP contribution in [0.5, 0.6) is 0 Å². The molecule has 1 N–H and O–H groups in total. The molecule has 0 saturated carbocycles. The molecule has 3 aromatic rings. The lowest BCUT2D eigenvalue weighted by atomic mass is 10.0. The summed E-state index contributed by atoms with van der Waals surface area (Å²) in [7, 11) is 0. The van der Waals surface area contributed by atoms with Crippen molar-refractivity contribution in [2.75, 3.05) is 13.1 Å². The zero-order chi connectivity index (χ0) is 18.6. The van der Waals surface area contributed by atoms with Crippen LogP contribution in [0.4, 0.5) is 0 Å². The molecule has 1 aliphatic heterocycles. The lowest BCUT2D eigenvalue weighted by molar-refractivity contribution is 0.0750. The summed E-state index contributed by atoms with van der Waals surface area (Å²) < 4.78 is 1.78. The molecular formula is C22H24N4O. The third-order valence-corrected chi connectivity index (χ3v) is 5.00. The zero-order valence-electron chi connectivity index (χ0n) is 15.6. The minimum absolute atomic E-state index is 0.0997. The number of amides is 1. The second-order valence-corrected chi connectivity index (χ2v) is 6.98. The van der Waals surface area contributed by atoms with Gasteiger partial charge in [0.25, 0.3) is 5.91 Å². The van der Waals surface area contributed by atoms with Crippen molar-refractivity contribution in [1.29, 1.82) is 0 Å². The third-order valence-electron chi connectivity index (χ3n) is 5.00. The minimum Gasteiger partial charge on any atom is -0.285 e. The molecule has 0 aliphatic carbocycles. The van der Waals surface area contributed by atoms with Gasteiger partial charge in [0.15, 0.2) is 0 Å². The van der Waals surface area contributed by atoms with Crippen molar-refractivity contribution in [3.8, 4) is 16.9 Å². The first-order valence-electron chi connectivity index (χ1n) is 9.49. The molecule has 1 saturated heterocycles. The van der Waals surface area contributed by atoms with Gasteiger partial charge in [-0.15, -0.1) is 0 Å². The number of benzene rings is 2. The first-order valence-corrected chi connectivity index (χ1v) is 9.49. The molecule has 1 fully saturated rings. The number of nitrogens with one attached hydrogen (secondary N) is 1. The Morgan fingerprint density at radius 1 is 0.963 bits per heavy atom. The first kappa shape index (κ1) is 17.5. The largest absolute Gasteiger partial charge is 0.285 e. The molecule has 138 valence electrons. The Hall–Kier alpha value is -2.92. The number of aromatic nitrogens is 2. The number of nitrogens with zero attached hydrogens (tertiary/aromatic N) is 3. The van der Waals surface area contributed by atoms with E-state index < -0.39 is 0 Å². The number of carbonyl (C=O) groups is 1. The Kier molecular flexibility index (Phi) is 5.03. The van der Waals surface area contributed by atoms with Crippen LogP contribution in [0.1, 0.15) is 35.2 Å². The quantitative estimate of drug-likeness (QED) is 0.766. The van der Waals surface area contributed by atoms with Crippen LogP contribution in [0.15, 0.2) is 60.8 Å². The van der Waals surface area contributed by atoms with Crippen LogP contribution < -0.4 is 5.43 Å². The summed E-state index contributed by atoms with van der Waals surface area (Å²) in [5.41, 5.74) is 7.40. The van der Waals surface area contributed by atoms with E-state index in [4.69, 9.17) is 5.10 Å². The van der Waals surface area contributed by atoms with E-state index in [0.29, 0.717) is 11.3 Å². The fourth-order valence-electron chi connectivity index (χ4n) is 3.50. The van der Waals surface area contributed by atoms with E-state index in [0.717, 1.165) is 42.7 Å². The van der Waals surface area contributed by atoms with Crippen molar-refractivity contribution < 1.29 is 4.79 Å². The fraction of sp³-hybridized carbons (Fsp3) is 0.273. The molecule has 1 amide bonds. The molecule has 0 spiro atoms. The Balaban J connectivity index is 1.73. The molecule has 5 nitrogen and oxygen atoms in total. The van der Waals surface area contributed by atoms with E-state index in [-0.39, 0.29) is 5.91 Å². The van der Waals surface area contributed by atoms with Gasteiger partial charge in [0.1, 0.15) is 5.69 Å². The molecule has 5 heteroatoms. The van der Waals surface area contributed by atoms with Crippen LogP contribution in [0.2, 0.25) is 0 Å². The number of aryl methyl sites for hydroxylation is 1. The van der Waals surface area contributed by atoms with Gasteiger partial charge in [-0.1, -0.05) is 48.9 Å². The Labute approximate surface area is 159 Å². The maximum absolute atomic E-state index is 13.1. The van der Waals surface area contributed by atoms with Crippen LogP contribution in [0.3, 0.4) is 0 Å². The van der Waals surface area contributed by atoms with Gasteiger partial charge in [0.05, 0.1) is 11.3 Å². The number of rotatable bonds is 4. The number of hydrogen-bond acceptors (Lipinski definition) is 3. The summed E-state index contributed by atoms with van der Waals surface area (Å²) >= 11 is 0. The normalized spacial score (nSPS) is 14.9. The van der Waals surface area contributed by atoms with Gasteiger partial charge in [0.2, 0.25) is 0 Å². The van der Waals surface area contributed by atoms with E-state index in [9.17, 15) is 4.79 Å². The molecular weight excluding hydrogens is 336 g/mol. The maximum atomic E-state index is 13.1. The van der Waals surface area contributed by atoms with Crippen LogP contribution >= 0.6 is 0 Å². The van der Waals surface area contributed by atoms with Crippen LogP contribution in [-0.4, -0.2) is 33.8 Å². The van der Waals surface area contributed by atoms with E-state index >= 15 is 0 Å². The summed E-state index contributed by atoms with van der Waals surface area (Å²) in [5.74, 6) is -0.0997. The summed E-state index contributed by atoms with van der Waals surface area (Å²) in [4.78, 5) is 13.1. The standard InChI is InChI=1S/C22H24N4O/c1-17-10-6-7-13-19(17)21-20(22(27)24-25-14-8-3-9-15-25)16-26(23-21)18-11-4-2-5-12-18/h2,4-7,10-13,16H,3,8-9,14-15H2,1H3,(H,24,27). The van der Waals surface area contributed by atoms with E-state index in [1.54, 1.807) is 4.68 Å². The molecule has 0 atom stereocenters. The molecule has 0 bridgehead atoms. The first-order chi connectivity index (χ1) is 13.2. The SMILES string of the molecule is Cc1ccccc1-c1nn(-c2ccccc2)cc1C(=O)NN1CCCCC1. The Morgan fingerprint density at radius 2 is 1.67 bits per heavy atom. The number of hydrazine groups is 1. The molecule has 1 aliphatic rings. The van der Waals surface area contributed by atoms with Crippen molar-refractivity contribution in [1.82, 2.24) is 20.2 Å². The maximum Gasteiger partial charge on any atom is 0.269 e. The molecule has 27 heavy (non-hydrogen) atoms. The molecule has 2 aromatic carbocycles. The molecule has 1 aromatic heterocycles. The average Bonchev–Trinajstić information content (AvgIpc) is 3.15. The Morgan fingerprint density at radius 3 is 2.41 bits per heavy atom. The highest BCUT2D eigenvalue weighted by molar-refractivity contribution is 6.00. The van der Waals surface area contributed by atoms with E-state index in [2.05, 4.69) is 5.43 Å². The predicted octanol–water partition coefficient (Wildman–Crippen LogP) is 3.98. The average molecular weight is 360 g/mol. The molecule has 0 unspecified atom stereocenters.